The first-order valence-corrected chi connectivity index (χ1v) is 17.2. The van der Waals surface area contributed by atoms with E-state index in [0.29, 0.717) is 41.7 Å². The Morgan fingerprint density at radius 1 is 0.980 bits per heavy atom. The van der Waals surface area contributed by atoms with Gasteiger partial charge in [0, 0.05) is 26.1 Å². The molecular weight excluding hydrogens is 665 g/mol. The van der Waals surface area contributed by atoms with E-state index in [1.54, 1.807) is 45.2 Å². The van der Waals surface area contributed by atoms with Crippen LogP contribution < -0.4 is 10.1 Å². The number of amides is 4. The Bertz CT molecular complexity index is 1820. The number of aliphatic hydroxyl groups is 1. The number of fused-ring (bicyclic) bond motifs is 2. The topological polar surface area (TPSA) is 106 Å². The average Bonchev–Trinajstić information content (AvgIpc) is 3.43. The summed E-state index contributed by atoms with van der Waals surface area (Å²) in [6.07, 6.45) is 0.391. The fourth-order valence-electron chi connectivity index (χ4n) is 6.61. The number of nitrogens with one attached hydrogen (secondary N) is 1. The van der Waals surface area contributed by atoms with Gasteiger partial charge >= 0.3 is 6.03 Å². The molecule has 49 heavy (non-hydrogen) atoms. The highest BCUT2D eigenvalue weighted by molar-refractivity contribution is 6.42. The molecule has 2 fully saturated rings. The molecule has 6 rings (SSSR count). The summed E-state index contributed by atoms with van der Waals surface area (Å²) in [6.45, 7) is 3.21. The van der Waals surface area contributed by atoms with Crippen molar-refractivity contribution >= 4 is 51.8 Å². The summed E-state index contributed by atoms with van der Waals surface area (Å²) in [5, 5.41) is 18.5. The molecule has 0 aromatic heterocycles. The van der Waals surface area contributed by atoms with Gasteiger partial charge in [0.2, 0.25) is 11.8 Å². The molecule has 2 heterocycles. The van der Waals surface area contributed by atoms with Crippen LogP contribution in [0.1, 0.15) is 30.0 Å². The van der Waals surface area contributed by atoms with Crippen molar-refractivity contribution in [2.75, 3.05) is 32.8 Å². The molecule has 10 nitrogen and oxygen atoms in total. The van der Waals surface area contributed by atoms with Crippen molar-refractivity contribution in [3.63, 3.8) is 0 Å². The van der Waals surface area contributed by atoms with Crippen molar-refractivity contribution < 1.29 is 24.2 Å². The van der Waals surface area contributed by atoms with Crippen LogP contribution in [0.4, 0.5) is 4.79 Å². The number of ether oxygens (including phenoxy) is 1. The fourth-order valence-corrected chi connectivity index (χ4v) is 6.93. The highest BCUT2D eigenvalue weighted by Gasteiger charge is 2.52. The van der Waals surface area contributed by atoms with Gasteiger partial charge in [-0.1, -0.05) is 90.8 Å². The molecule has 0 spiro atoms. The third-order valence-corrected chi connectivity index (χ3v) is 9.67. The lowest BCUT2D eigenvalue weighted by Gasteiger charge is -2.46. The first kappa shape index (κ1) is 34.5. The molecule has 2 atom stereocenters. The number of piperazine rings is 1. The predicted molar refractivity (Wildman–Crippen MR) is 189 cm³/mol. The van der Waals surface area contributed by atoms with Crippen LogP contribution in [0.5, 0.6) is 5.75 Å². The molecule has 12 heteroatoms. The maximum atomic E-state index is 14.4. The van der Waals surface area contributed by atoms with Crippen LogP contribution in [0.3, 0.4) is 0 Å². The molecule has 0 saturated carbocycles. The molecule has 2 saturated heterocycles. The number of halogens is 2. The normalized spacial score (nSPS) is 17.8. The summed E-state index contributed by atoms with van der Waals surface area (Å²) in [6, 6.07) is 25.5. The van der Waals surface area contributed by atoms with Gasteiger partial charge in [-0.2, -0.15) is 5.01 Å². The molecule has 0 bridgehead atoms. The number of hydrogen-bond donors (Lipinski definition) is 2. The summed E-state index contributed by atoms with van der Waals surface area (Å²) in [4.78, 5) is 45.4. The monoisotopic (exact) mass is 703 g/mol. The Labute approximate surface area is 295 Å². The number of nitrogens with zero attached hydrogens (tertiary/aromatic N) is 4. The van der Waals surface area contributed by atoms with Crippen LogP contribution in [0, 0.1) is 0 Å². The molecule has 4 amide bonds. The van der Waals surface area contributed by atoms with Crippen LogP contribution in [-0.4, -0.2) is 87.8 Å². The van der Waals surface area contributed by atoms with E-state index in [0.717, 1.165) is 27.5 Å². The smallest absolute Gasteiger partial charge is 0.332 e. The Morgan fingerprint density at radius 2 is 1.73 bits per heavy atom. The summed E-state index contributed by atoms with van der Waals surface area (Å²) in [5.74, 6) is 0.245. The van der Waals surface area contributed by atoms with E-state index in [1.165, 1.54) is 0 Å². The van der Waals surface area contributed by atoms with E-state index >= 15 is 0 Å². The number of rotatable bonds is 12. The van der Waals surface area contributed by atoms with Crippen LogP contribution >= 0.6 is 23.2 Å². The summed E-state index contributed by atoms with van der Waals surface area (Å²) >= 11 is 12.3. The number of carbonyl (C=O) groups is 3. The molecule has 4 aromatic rings. The second-order valence-electron chi connectivity index (χ2n) is 12.2. The van der Waals surface area contributed by atoms with Crippen molar-refractivity contribution in [2.45, 2.75) is 45.1 Å². The molecule has 2 aliphatic rings. The minimum absolute atomic E-state index is 0.0370. The number of hydrazine groups is 1. The highest BCUT2D eigenvalue weighted by Crippen LogP contribution is 2.32. The Hall–Kier alpha value is -4.35. The van der Waals surface area contributed by atoms with Crippen molar-refractivity contribution in [1.82, 2.24) is 25.1 Å². The van der Waals surface area contributed by atoms with Gasteiger partial charge in [0.15, 0.2) is 0 Å². The Morgan fingerprint density at radius 3 is 2.49 bits per heavy atom. The van der Waals surface area contributed by atoms with Gasteiger partial charge in [-0.3, -0.25) is 14.6 Å². The van der Waals surface area contributed by atoms with Crippen LogP contribution in [0.2, 0.25) is 10.0 Å². The summed E-state index contributed by atoms with van der Waals surface area (Å²) in [5.41, 5.74) is 2.65. The minimum Gasteiger partial charge on any atom is -0.491 e. The SMILES string of the molecule is CCCN(C(=O)NCc1ccc(Cl)c(Cl)c1)N1CC(=O)N2[C@@H](Cc3ccc(OCCO)cc3)C(=O)N(Cc3cccc4ccccc34)C[C@@H]21. The number of carbonyl (C=O) groups excluding carboxylic acids is 3. The van der Waals surface area contributed by atoms with Gasteiger partial charge in [-0.25, -0.2) is 4.79 Å². The van der Waals surface area contributed by atoms with E-state index in [2.05, 4.69) is 11.4 Å². The van der Waals surface area contributed by atoms with Crippen LogP contribution in [0.15, 0.2) is 84.9 Å². The Balaban J connectivity index is 1.29. The Kier molecular flexibility index (Phi) is 10.9. The van der Waals surface area contributed by atoms with E-state index in [1.807, 2.05) is 60.4 Å². The molecule has 0 radical (unpaired) electrons. The molecular formula is C37H39Cl2N5O5. The van der Waals surface area contributed by atoms with E-state index in [4.69, 9.17) is 33.0 Å². The van der Waals surface area contributed by atoms with Gasteiger partial charge in [0.1, 0.15) is 24.6 Å². The molecule has 2 aliphatic heterocycles. The molecule has 256 valence electrons. The van der Waals surface area contributed by atoms with E-state index in [9.17, 15) is 14.4 Å². The second-order valence-corrected chi connectivity index (χ2v) is 13.0. The maximum Gasteiger partial charge on any atom is 0.332 e. The standard InChI is InChI=1S/C37H39Cl2N5O5/c1-2-16-42(37(48)40-21-26-12-15-31(38)32(39)19-26)43-24-35(46)44-33(20-25-10-13-29(14-11-25)49-18-17-45)36(47)41(23-34(43)44)22-28-8-5-7-27-6-3-4-9-30(27)28/h3-15,19,33-34,45H,2,16-18,20-24H2,1H3,(H,40,48)/t33-,34+/m0/s1. The second kappa shape index (κ2) is 15.5. The summed E-state index contributed by atoms with van der Waals surface area (Å²) < 4.78 is 5.52. The fraction of sp³-hybridized carbons (Fsp3) is 0.324. The number of benzene rings is 4. The van der Waals surface area contributed by atoms with Gasteiger partial charge < -0.3 is 25.0 Å². The van der Waals surface area contributed by atoms with Crippen molar-refractivity contribution in [2.24, 2.45) is 0 Å². The quantitative estimate of drug-likeness (QED) is 0.203. The highest BCUT2D eigenvalue weighted by atomic mass is 35.5. The summed E-state index contributed by atoms with van der Waals surface area (Å²) in [7, 11) is 0. The van der Waals surface area contributed by atoms with Crippen LogP contribution in [-0.2, 0) is 29.1 Å². The lowest BCUT2D eigenvalue weighted by atomic mass is 9.99. The minimum atomic E-state index is -0.779. The molecule has 0 aliphatic carbocycles. The van der Waals surface area contributed by atoms with E-state index < -0.39 is 12.2 Å². The lowest BCUT2D eigenvalue weighted by Crippen LogP contribution is -2.66. The maximum absolute atomic E-state index is 14.4. The zero-order valence-corrected chi connectivity index (χ0v) is 28.7. The third-order valence-electron chi connectivity index (χ3n) is 8.93. The lowest BCUT2D eigenvalue weighted by molar-refractivity contribution is -0.157. The zero-order valence-electron chi connectivity index (χ0n) is 27.2. The van der Waals surface area contributed by atoms with Gasteiger partial charge in [0.25, 0.3) is 0 Å². The van der Waals surface area contributed by atoms with Crippen LogP contribution in [0.25, 0.3) is 10.8 Å². The van der Waals surface area contributed by atoms with Crippen molar-refractivity contribution in [3.8, 4) is 5.75 Å². The number of aliphatic hydroxyl groups excluding tert-OH is 1. The average molecular weight is 705 g/mol. The van der Waals surface area contributed by atoms with E-state index in [-0.39, 0.29) is 50.7 Å². The third kappa shape index (κ3) is 7.63. The molecule has 2 N–H and O–H groups in total. The van der Waals surface area contributed by atoms with Crippen molar-refractivity contribution in [3.05, 3.63) is 112 Å². The van der Waals surface area contributed by atoms with Gasteiger partial charge in [-0.15, -0.1) is 0 Å². The zero-order chi connectivity index (χ0) is 34.5. The predicted octanol–water partition coefficient (Wildman–Crippen LogP) is 5.48. The first-order valence-electron chi connectivity index (χ1n) is 16.4. The first-order chi connectivity index (χ1) is 23.8. The largest absolute Gasteiger partial charge is 0.491 e. The molecule has 0 unspecified atom stereocenters. The number of urea groups is 1. The van der Waals surface area contributed by atoms with Crippen molar-refractivity contribution in [1.29, 1.82) is 0 Å². The molecule has 4 aromatic carbocycles. The number of hydrogen-bond acceptors (Lipinski definition) is 6. The van der Waals surface area contributed by atoms with Gasteiger partial charge in [0.05, 0.1) is 29.7 Å². The van der Waals surface area contributed by atoms with Gasteiger partial charge in [-0.05, 0) is 58.1 Å².